The van der Waals surface area contributed by atoms with E-state index in [1.807, 2.05) is 0 Å². The van der Waals surface area contributed by atoms with Gasteiger partial charge in [-0.25, -0.2) is 0 Å². The largest absolute Gasteiger partial charge is 0.370 e. The number of rotatable bonds is 7. The number of amides is 1. The number of nitrogens with zero attached hydrogens (tertiary/aromatic N) is 1. The Labute approximate surface area is 74.9 Å². The Hall–Kier alpha value is -0.570. The number of hydrogen-bond acceptors (Lipinski definition) is 2. The van der Waals surface area contributed by atoms with Crippen molar-refractivity contribution in [3.63, 3.8) is 0 Å². The van der Waals surface area contributed by atoms with E-state index >= 15 is 0 Å². The molecule has 0 rings (SSSR count). The molecule has 0 aromatic heterocycles. The lowest BCUT2D eigenvalue weighted by Gasteiger charge is -2.17. The van der Waals surface area contributed by atoms with Crippen LogP contribution in [0.5, 0.6) is 0 Å². The molecule has 0 radical (unpaired) electrons. The van der Waals surface area contributed by atoms with E-state index in [4.69, 9.17) is 5.73 Å². The van der Waals surface area contributed by atoms with Crippen molar-refractivity contribution < 1.29 is 4.79 Å². The summed E-state index contributed by atoms with van der Waals surface area (Å²) in [6.07, 6.45) is 2.53. The van der Waals surface area contributed by atoms with Crippen molar-refractivity contribution in [3.8, 4) is 0 Å². The predicted octanol–water partition coefficient (Wildman–Crippen LogP) is 0.984. The zero-order valence-corrected chi connectivity index (χ0v) is 8.18. The SMILES string of the molecule is CCN(CC)CCCCC(N)=O. The van der Waals surface area contributed by atoms with Crippen molar-refractivity contribution in [2.24, 2.45) is 5.73 Å². The summed E-state index contributed by atoms with van der Waals surface area (Å²) in [7, 11) is 0. The molecule has 12 heavy (non-hydrogen) atoms. The summed E-state index contributed by atoms with van der Waals surface area (Å²) in [5.41, 5.74) is 5.02. The standard InChI is InChI=1S/C9H20N2O/c1-3-11(4-2)8-6-5-7-9(10)12/h3-8H2,1-2H3,(H2,10,12). The van der Waals surface area contributed by atoms with E-state index in [-0.39, 0.29) is 5.91 Å². The van der Waals surface area contributed by atoms with Crippen LogP contribution in [0.4, 0.5) is 0 Å². The van der Waals surface area contributed by atoms with Gasteiger partial charge in [-0.1, -0.05) is 13.8 Å². The van der Waals surface area contributed by atoms with Gasteiger partial charge in [-0.15, -0.1) is 0 Å². The molecule has 0 aromatic rings. The quantitative estimate of drug-likeness (QED) is 0.582. The molecule has 72 valence electrons. The molecule has 0 aliphatic carbocycles. The summed E-state index contributed by atoms with van der Waals surface area (Å²) in [4.78, 5) is 12.7. The minimum Gasteiger partial charge on any atom is -0.370 e. The highest BCUT2D eigenvalue weighted by atomic mass is 16.1. The van der Waals surface area contributed by atoms with Crippen LogP contribution in [0.25, 0.3) is 0 Å². The van der Waals surface area contributed by atoms with Crippen molar-refractivity contribution in [2.45, 2.75) is 33.1 Å². The molecule has 3 nitrogen and oxygen atoms in total. The minimum atomic E-state index is -0.186. The van der Waals surface area contributed by atoms with Crippen LogP contribution in [-0.4, -0.2) is 30.4 Å². The number of unbranched alkanes of at least 4 members (excludes halogenated alkanes) is 1. The third-order valence-corrected chi connectivity index (χ3v) is 2.04. The van der Waals surface area contributed by atoms with Crippen LogP contribution in [0.3, 0.4) is 0 Å². The molecule has 0 fully saturated rings. The summed E-state index contributed by atoms with van der Waals surface area (Å²) in [5.74, 6) is -0.186. The van der Waals surface area contributed by atoms with Gasteiger partial charge in [0.1, 0.15) is 0 Å². The van der Waals surface area contributed by atoms with Crippen molar-refractivity contribution in [1.82, 2.24) is 4.90 Å². The number of carbonyl (C=O) groups excluding carboxylic acids is 1. The minimum absolute atomic E-state index is 0.186. The molecule has 0 heterocycles. The molecule has 0 atom stereocenters. The Morgan fingerprint density at radius 3 is 2.25 bits per heavy atom. The Balaban J connectivity index is 3.23. The van der Waals surface area contributed by atoms with Gasteiger partial charge in [0.05, 0.1) is 0 Å². The molecule has 0 bridgehead atoms. The van der Waals surface area contributed by atoms with Crippen molar-refractivity contribution in [1.29, 1.82) is 0 Å². The van der Waals surface area contributed by atoms with E-state index in [0.717, 1.165) is 32.5 Å². The van der Waals surface area contributed by atoms with Crippen LogP contribution < -0.4 is 5.73 Å². The van der Waals surface area contributed by atoms with Crippen LogP contribution in [0.15, 0.2) is 0 Å². The number of carbonyl (C=O) groups is 1. The van der Waals surface area contributed by atoms with E-state index < -0.39 is 0 Å². The molecular weight excluding hydrogens is 152 g/mol. The molecular formula is C9H20N2O. The number of hydrogen-bond donors (Lipinski definition) is 1. The topological polar surface area (TPSA) is 46.3 Å². The molecule has 0 saturated carbocycles. The first-order valence-electron chi connectivity index (χ1n) is 4.71. The number of primary amides is 1. The molecule has 0 aliphatic rings. The molecule has 0 aromatic carbocycles. The van der Waals surface area contributed by atoms with Gasteiger partial charge < -0.3 is 10.6 Å². The average Bonchev–Trinajstić information content (AvgIpc) is 2.04. The zero-order valence-electron chi connectivity index (χ0n) is 8.18. The first kappa shape index (κ1) is 11.4. The molecule has 2 N–H and O–H groups in total. The van der Waals surface area contributed by atoms with Gasteiger partial charge in [0, 0.05) is 6.42 Å². The van der Waals surface area contributed by atoms with Crippen LogP contribution in [0, 0.1) is 0 Å². The second-order valence-corrected chi connectivity index (χ2v) is 2.95. The third-order valence-electron chi connectivity index (χ3n) is 2.04. The van der Waals surface area contributed by atoms with Crippen molar-refractivity contribution in [3.05, 3.63) is 0 Å². The van der Waals surface area contributed by atoms with E-state index in [2.05, 4.69) is 18.7 Å². The van der Waals surface area contributed by atoms with Gasteiger partial charge in [0.2, 0.25) is 5.91 Å². The summed E-state index contributed by atoms with van der Waals surface area (Å²) >= 11 is 0. The van der Waals surface area contributed by atoms with Gasteiger partial charge in [-0.05, 0) is 32.5 Å². The molecule has 0 spiro atoms. The molecule has 0 saturated heterocycles. The van der Waals surface area contributed by atoms with Crippen LogP contribution >= 0.6 is 0 Å². The van der Waals surface area contributed by atoms with E-state index in [1.165, 1.54) is 0 Å². The lowest BCUT2D eigenvalue weighted by molar-refractivity contribution is -0.118. The normalized spacial score (nSPS) is 10.6. The van der Waals surface area contributed by atoms with Gasteiger partial charge in [0.15, 0.2) is 0 Å². The van der Waals surface area contributed by atoms with E-state index in [9.17, 15) is 4.79 Å². The first-order chi connectivity index (χ1) is 5.70. The summed E-state index contributed by atoms with van der Waals surface area (Å²) in [5, 5.41) is 0. The Bertz CT molecular complexity index is 122. The maximum Gasteiger partial charge on any atom is 0.217 e. The Morgan fingerprint density at radius 1 is 1.25 bits per heavy atom. The lowest BCUT2D eigenvalue weighted by Crippen LogP contribution is -2.24. The van der Waals surface area contributed by atoms with E-state index in [1.54, 1.807) is 0 Å². The molecule has 3 heteroatoms. The number of nitrogens with two attached hydrogens (primary N) is 1. The van der Waals surface area contributed by atoms with Gasteiger partial charge in [-0.2, -0.15) is 0 Å². The van der Waals surface area contributed by atoms with E-state index in [0.29, 0.717) is 6.42 Å². The Morgan fingerprint density at radius 2 is 1.83 bits per heavy atom. The summed E-state index contributed by atoms with van der Waals surface area (Å²) in [6, 6.07) is 0. The van der Waals surface area contributed by atoms with Gasteiger partial charge >= 0.3 is 0 Å². The fraction of sp³-hybridized carbons (Fsp3) is 0.889. The molecule has 0 unspecified atom stereocenters. The maximum atomic E-state index is 10.4. The average molecular weight is 172 g/mol. The molecule has 1 amide bonds. The van der Waals surface area contributed by atoms with Gasteiger partial charge in [-0.3, -0.25) is 4.79 Å². The fourth-order valence-electron chi connectivity index (χ4n) is 1.17. The summed E-state index contributed by atoms with van der Waals surface area (Å²) < 4.78 is 0. The van der Waals surface area contributed by atoms with Crippen molar-refractivity contribution >= 4 is 5.91 Å². The highest BCUT2D eigenvalue weighted by Crippen LogP contribution is 1.97. The monoisotopic (exact) mass is 172 g/mol. The third kappa shape index (κ3) is 6.16. The van der Waals surface area contributed by atoms with Crippen LogP contribution in [0.2, 0.25) is 0 Å². The fourth-order valence-corrected chi connectivity index (χ4v) is 1.17. The Kier molecular flexibility index (Phi) is 6.76. The van der Waals surface area contributed by atoms with Crippen molar-refractivity contribution in [2.75, 3.05) is 19.6 Å². The summed E-state index contributed by atoms with van der Waals surface area (Å²) in [6.45, 7) is 7.57. The predicted molar refractivity (Wildman–Crippen MR) is 50.8 cm³/mol. The smallest absolute Gasteiger partial charge is 0.217 e. The second kappa shape index (κ2) is 7.10. The first-order valence-corrected chi connectivity index (χ1v) is 4.71. The highest BCUT2D eigenvalue weighted by Gasteiger charge is 1.99. The van der Waals surface area contributed by atoms with Crippen LogP contribution in [-0.2, 0) is 4.79 Å². The molecule has 0 aliphatic heterocycles. The van der Waals surface area contributed by atoms with Gasteiger partial charge in [0.25, 0.3) is 0 Å². The zero-order chi connectivity index (χ0) is 9.40. The highest BCUT2D eigenvalue weighted by molar-refractivity contribution is 5.73. The van der Waals surface area contributed by atoms with Crippen LogP contribution in [0.1, 0.15) is 33.1 Å². The maximum absolute atomic E-state index is 10.4. The second-order valence-electron chi connectivity index (χ2n) is 2.95. The lowest BCUT2D eigenvalue weighted by atomic mass is 10.2.